The summed E-state index contributed by atoms with van der Waals surface area (Å²) in [6.07, 6.45) is 7.19. The number of hydrogen-bond acceptors (Lipinski definition) is 1. The summed E-state index contributed by atoms with van der Waals surface area (Å²) in [4.78, 5) is 10.3. The van der Waals surface area contributed by atoms with Gasteiger partial charge in [0.05, 0.1) is 0 Å². The molecule has 1 nitrogen and oxygen atoms in total. The third-order valence-electron chi connectivity index (χ3n) is 2.06. The van der Waals surface area contributed by atoms with Crippen LogP contribution < -0.4 is 0 Å². The first kappa shape index (κ1) is 9.76. The Balaban J connectivity index is 2.96. The summed E-state index contributed by atoms with van der Waals surface area (Å²) in [5.74, 6) is 0.815. The molecule has 0 fully saturated rings. The zero-order valence-corrected chi connectivity index (χ0v) is 8.44. The van der Waals surface area contributed by atoms with Crippen LogP contribution in [0.1, 0.15) is 60.2 Å². The maximum atomic E-state index is 10.3. The van der Waals surface area contributed by atoms with E-state index >= 15 is 0 Å². The van der Waals surface area contributed by atoms with Crippen molar-refractivity contribution in [1.82, 2.24) is 0 Å². The van der Waals surface area contributed by atoms with Crippen LogP contribution in [0.5, 0.6) is 0 Å². The van der Waals surface area contributed by atoms with Gasteiger partial charge in [-0.15, -0.1) is 0 Å². The smallest absolute Gasteiger partial charge is 0.119 e. The molecule has 0 aromatic heterocycles. The molecule has 0 atom stereocenters. The average Bonchev–Trinajstić information content (AvgIpc) is 2.01. The van der Waals surface area contributed by atoms with Gasteiger partial charge in [0.2, 0.25) is 0 Å². The lowest BCUT2D eigenvalue weighted by molar-refractivity contribution is -0.107. The van der Waals surface area contributed by atoms with Crippen molar-refractivity contribution < 1.29 is 6.17 Å². The Morgan fingerprint density at radius 1 is 1.17 bits per heavy atom. The fourth-order valence-corrected chi connectivity index (χ4v) is 1.28. The molecule has 0 radical (unpaired) electrons. The number of carbonyl (C=O) groups is 1. The van der Waals surface area contributed by atoms with E-state index in [0.717, 1.165) is 18.8 Å². The van der Waals surface area contributed by atoms with Crippen LogP contribution in [0.3, 0.4) is 0 Å². The fourth-order valence-electron chi connectivity index (χ4n) is 1.28. The number of hydrogen-bond donors (Lipinski definition) is 0. The second kappa shape index (κ2) is 8.76. The molecule has 0 aliphatic carbocycles. The molecule has 12 heavy (non-hydrogen) atoms. The Morgan fingerprint density at radius 3 is 2.33 bits per heavy atom. The van der Waals surface area contributed by atoms with Gasteiger partial charge in [0.1, 0.15) is 7.63 Å². The molecule has 0 amide bonds. The highest BCUT2D eigenvalue weighted by Crippen LogP contribution is 2.10. The van der Waals surface area contributed by atoms with E-state index in [-0.39, 0.29) is 0 Å². The maximum absolute atomic E-state index is 10.3. The van der Waals surface area contributed by atoms with Crippen LogP contribution in [0.2, 0.25) is 0 Å². The first-order valence-corrected chi connectivity index (χ1v) is 5.12. The van der Waals surface area contributed by atoms with Gasteiger partial charge in [-0.1, -0.05) is 46.0 Å². The molecule has 0 bridgehead atoms. The third-order valence-corrected chi connectivity index (χ3v) is 2.06. The molecular weight excluding hydrogens is 148 g/mol. The van der Waals surface area contributed by atoms with Crippen molar-refractivity contribution in [2.75, 3.05) is 0 Å². The number of carbonyl (C=O) groups excluding carboxylic acids is 1. The van der Waals surface area contributed by atoms with E-state index in [4.69, 9.17) is 1.37 Å². The molecule has 1 heteroatoms. The molecule has 0 aromatic rings. The molecular formula is C11H22O. The topological polar surface area (TPSA) is 17.1 Å². The van der Waals surface area contributed by atoms with Gasteiger partial charge in [0.15, 0.2) is 0 Å². The SMILES string of the molecule is [3H]C(=O)CCCCCCCC(C)C. The van der Waals surface area contributed by atoms with Crippen molar-refractivity contribution in [3.63, 3.8) is 0 Å². The maximum Gasteiger partial charge on any atom is 0.119 e. The minimum Gasteiger partial charge on any atom is -0.303 e. The largest absolute Gasteiger partial charge is 0.303 e. The van der Waals surface area contributed by atoms with Gasteiger partial charge in [-0.2, -0.15) is 0 Å². The first-order valence-electron chi connectivity index (χ1n) is 5.62. The molecule has 0 aliphatic heterocycles. The van der Waals surface area contributed by atoms with E-state index in [1.807, 2.05) is 0 Å². The van der Waals surface area contributed by atoms with Gasteiger partial charge in [-0.3, -0.25) is 0 Å². The summed E-state index contributed by atoms with van der Waals surface area (Å²) in [7, 11) is 0. The minimum absolute atomic E-state index is 0.415. The minimum atomic E-state index is -0.415. The van der Waals surface area contributed by atoms with E-state index in [1.165, 1.54) is 25.7 Å². The molecule has 0 heterocycles. The summed E-state index contributed by atoms with van der Waals surface area (Å²) in [6, 6.07) is 0. The summed E-state index contributed by atoms with van der Waals surface area (Å²) in [5.41, 5.74) is 0. The Labute approximate surface area is 78.0 Å². The van der Waals surface area contributed by atoms with Crippen LogP contribution in [-0.4, -0.2) is 6.26 Å². The molecule has 0 N–H and O–H groups in total. The van der Waals surface area contributed by atoms with Crippen molar-refractivity contribution >= 4 is 6.26 Å². The van der Waals surface area contributed by atoms with Crippen molar-refractivity contribution in [2.45, 2.75) is 58.8 Å². The highest BCUT2D eigenvalue weighted by molar-refractivity contribution is 5.48. The molecule has 72 valence electrons. The Kier molecular flexibility index (Phi) is 7.12. The number of rotatable bonds is 8. The predicted molar refractivity (Wildman–Crippen MR) is 53.2 cm³/mol. The highest BCUT2D eigenvalue weighted by atomic mass is 16.1. The van der Waals surface area contributed by atoms with Gasteiger partial charge in [0, 0.05) is 6.42 Å². The molecule has 0 aliphatic rings. The van der Waals surface area contributed by atoms with Crippen molar-refractivity contribution in [1.29, 1.82) is 0 Å². The van der Waals surface area contributed by atoms with Gasteiger partial charge < -0.3 is 4.79 Å². The van der Waals surface area contributed by atoms with Crippen LogP contribution >= 0.6 is 0 Å². The van der Waals surface area contributed by atoms with Crippen LogP contribution in [0, 0.1) is 5.92 Å². The van der Waals surface area contributed by atoms with Gasteiger partial charge in [-0.05, 0) is 12.3 Å². The van der Waals surface area contributed by atoms with Gasteiger partial charge >= 0.3 is 0 Å². The Morgan fingerprint density at radius 2 is 1.75 bits per heavy atom. The summed E-state index contributed by atoms with van der Waals surface area (Å²) >= 11 is 0. The van der Waals surface area contributed by atoms with Crippen LogP contribution in [0.25, 0.3) is 0 Å². The van der Waals surface area contributed by atoms with E-state index in [2.05, 4.69) is 13.8 Å². The zero-order valence-electron chi connectivity index (χ0n) is 9.44. The quantitative estimate of drug-likeness (QED) is 0.404. The third kappa shape index (κ3) is 9.67. The second-order valence-electron chi connectivity index (χ2n) is 3.84. The Bertz CT molecular complexity index is 132. The summed E-state index contributed by atoms with van der Waals surface area (Å²) in [5, 5.41) is 0. The van der Waals surface area contributed by atoms with Crippen LogP contribution in [0.4, 0.5) is 0 Å². The molecule has 0 spiro atoms. The van der Waals surface area contributed by atoms with E-state index in [0.29, 0.717) is 6.42 Å². The van der Waals surface area contributed by atoms with E-state index in [1.54, 1.807) is 0 Å². The first-order chi connectivity index (χ1) is 6.13. The molecule has 0 saturated heterocycles. The lowest BCUT2D eigenvalue weighted by atomic mass is 10.0. The normalized spacial score (nSPS) is 11.8. The summed E-state index contributed by atoms with van der Waals surface area (Å²) in [6.45, 7) is 4.50. The highest BCUT2D eigenvalue weighted by Gasteiger charge is 1.93. The van der Waals surface area contributed by atoms with Crippen molar-refractivity contribution in [2.24, 2.45) is 5.92 Å². The monoisotopic (exact) mass is 172 g/mol. The number of unbranched alkanes of at least 4 members (excludes halogenated alkanes) is 4. The van der Waals surface area contributed by atoms with E-state index < -0.39 is 6.26 Å². The lowest BCUT2D eigenvalue weighted by Crippen LogP contribution is -1.87. The number of aldehydes is 1. The Hall–Kier alpha value is -0.330. The fraction of sp³-hybridized carbons (Fsp3) is 0.909. The molecule has 0 aromatic carbocycles. The standard InChI is InChI=1S/C11H22O/c1-11(2)9-7-5-3-4-6-8-10-12/h10-11H,3-9H2,1-2H3/i10T. The molecule has 0 rings (SSSR count). The average molecular weight is 172 g/mol. The van der Waals surface area contributed by atoms with Crippen LogP contribution in [0.15, 0.2) is 0 Å². The van der Waals surface area contributed by atoms with Crippen molar-refractivity contribution in [3.05, 3.63) is 0 Å². The summed E-state index contributed by atoms with van der Waals surface area (Å²) < 4.78 is 6.71. The molecule has 0 saturated carbocycles. The lowest BCUT2D eigenvalue weighted by Gasteiger charge is -2.03. The van der Waals surface area contributed by atoms with Gasteiger partial charge in [-0.25, -0.2) is 0 Å². The van der Waals surface area contributed by atoms with E-state index in [9.17, 15) is 4.79 Å². The predicted octanol–water partition coefficient (Wildman–Crippen LogP) is 3.57. The van der Waals surface area contributed by atoms with Gasteiger partial charge in [0.25, 0.3) is 0 Å². The van der Waals surface area contributed by atoms with Crippen LogP contribution in [-0.2, 0) is 4.79 Å². The van der Waals surface area contributed by atoms with Crippen molar-refractivity contribution in [3.8, 4) is 0 Å². The second-order valence-corrected chi connectivity index (χ2v) is 3.84. The zero-order chi connectivity index (χ0) is 10.1. The molecule has 0 unspecified atom stereocenters.